The lowest BCUT2D eigenvalue weighted by Gasteiger charge is -2.32. The summed E-state index contributed by atoms with van der Waals surface area (Å²) in [5.74, 6) is 0.986. The van der Waals surface area contributed by atoms with Gasteiger partial charge in [-0.05, 0) is 38.6 Å². The fourth-order valence-corrected chi connectivity index (χ4v) is 2.57. The van der Waals surface area contributed by atoms with Crippen molar-refractivity contribution in [3.63, 3.8) is 0 Å². The molecule has 2 aromatic heterocycles. The lowest BCUT2D eigenvalue weighted by molar-refractivity contribution is -0.0823. The summed E-state index contributed by atoms with van der Waals surface area (Å²) in [7, 11) is 2.06. The van der Waals surface area contributed by atoms with Gasteiger partial charge in [-0.2, -0.15) is 0 Å². The highest BCUT2D eigenvalue weighted by Gasteiger charge is 2.28. The zero-order valence-corrected chi connectivity index (χ0v) is 13.1. The van der Waals surface area contributed by atoms with Gasteiger partial charge < -0.3 is 14.1 Å². The Morgan fingerprint density at radius 2 is 2.14 bits per heavy atom. The van der Waals surface area contributed by atoms with Gasteiger partial charge in [0.1, 0.15) is 6.10 Å². The average Bonchev–Trinajstić information content (AvgIpc) is 2.94. The van der Waals surface area contributed by atoms with Crippen molar-refractivity contribution in [3.05, 3.63) is 41.4 Å². The molecule has 1 saturated heterocycles. The molecule has 0 unspecified atom stereocenters. The third kappa shape index (κ3) is 3.40. The maximum absolute atomic E-state index is 5.86. The summed E-state index contributed by atoms with van der Waals surface area (Å²) in [4.78, 5) is 6.51. The molecule has 1 fully saturated rings. The Labute approximate surface area is 129 Å². The topological polar surface area (TPSA) is 64.3 Å². The van der Waals surface area contributed by atoms with E-state index in [0.717, 1.165) is 24.3 Å². The first-order chi connectivity index (χ1) is 10.6. The molecule has 0 amide bonds. The maximum Gasteiger partial charge on any atom is 0.246 e. The Balaban J connectivity index is 1.72. The number of aromatic nitrogens is 3. The number of morpholine rings is 1. The SMILES string of the molecule is Cc1cccnc1/C=C/c1nnc([C@H]2CN(C)C[C@@H](C)O2)o1. The number of nitrogens with zero attached hydrogens (tertiary/aromatic N) is 4. The van der Waals surface area contributed by atoms with E-state index in [1.54, 1.807) is 12.3 Å². The van der Waals surface area contributed by atoms with E-state index < -0.39 is 0 Å². The van der Waals surface area contributed by atoms with Gasteiger partial charge in [-0.3, -0.25) is 4.98 Å². The van der Waals surface area contributed by atoms with Crippen LogP contribution in [0.4, 0.5) is 0 Å². The maximum atomic E-state index is 5.86. The minimum atomic E-state index is -0.167. The zero-order chi connectivity index (χ0) is 15.5. The molecule has 2 aromatic rings. The molecule has 22 heavy (non-hydrogen) atoms. The monoisotopic (exact) mass is 300 g/mol. The van der Waals surface area contributed by atoms with Gasteiger partial charge in [-0.15, -0.1) is 10.2 Å². The number of rotatable bonds is 3. The summed E-state index contributed by atoms with van der Waals surface area (Å²) in [5, 5.41) is 8.16. The van der Waals surface area contributed by atoms with Gasteiger partial charge in [0.05, 0.1) is 11.8 Å². The van der Waals surface area contributed by atoms with Crippen LogP contribution in [0.1, 0.15) is 36.1 Å². The van der Waals surface area contributed by atoms with Crippen LogP contribution in [-0.2, 0) is 4.74 Å². The second kappa shape index (κ2) is 6.37. The first-order valence-electron chi connectivity index (χ1n) is 7.39. The zero-order valence-electron chi connectivity index (χ0n) is 13.1. The number of pyridine rings is 1. The molecule has 0 N–H and O–H groups in total. The second-order valence-electron chi connectivity index (χ2n) is 5.67. The van der Waals surface area contributed by atoms with Gasteiger partial charge in [-0.25, -0.2) is 0 Å². The van der Waals surface area contributed by atoms with Crippen LogP contribution in [-0.4, -0.2) is 46.3 Å². The minimum Gasteiger partial charge on any atom is -0.418 e. The summed E-state index contributed by atoms with van der Waals surface area (Å²) in [6.07, 6.45) is 5.41. The molecule has 3 heterocycles. The minimum absolute atomic E-state index is 0.158. The number of hydrogen-bond acceptors (Lipinski definition) is 6. The van der Waals surface area contributed by atoms with Gasteiger partial charge in [0.2, 0.25) is 11.8 Å². The fraction of sp³-hybridized carbons (Fsp3) is 0.438. The number of ether oxygens (including phenoxy) is 1. The number of likely N-dealkylation sites (N-methyl/N-ethyl adjacent to an activating group) is 1. The van der Waals surface area contributed by atoms with E-state index in [2.05, 4.69) is 27.1 Å². The number of hydrogen-bond donors (Lipinski definition) is 0. The van der Waals surface area contributed by atoms with Crippen molar-refractivity contribution < 1.29 is 9.15 Å². The molecule has 6 nitrogen and oxygen atoms in total. The Morgan fingerprint density at radius 1 is 1.27 bits per heavy atom. The van der Waals surface area contributed by atoms with Crippen molar-refractivity contribution in [3.8, 4) is 0 Å². The van der Waals surface area contributed by atoms with Gasteiger partial charge >= 0.3 is 0 Å². The van der Waals surface area contributed by atoms with Crippen molar-refractivity contribution in [2.45, 2.75) is 26.1 Å². The van der Waals surface area contributed by atoms with Crippen molar-refractivity contribution >= 4 is 12.2 Å². The van der Waals surface area contributed by atoms with Crippen LogP contribution in [0.25, 0.3) is 12.2 Å². The standard InChI is InChI=1S/C16H20N4O2/c1-11-5-4-8-17-13(11)6-7-15-18-19-16(22-15)14-10-20(3)9-12(2)21-14/h4-8,12,14H,9-10H2,1-3H3/b7-6+/t12-,14-/m1/s1. The Kier molecular flexibility index (Phi) is 4.31. The van der Waals surface area contributed by atoms with Crippen LogP contribution in [0.15, 0.2) is 22.7 Å². The molecule has 0 saturated carbocycles. The second-order valence-corrected chi connectivity index (χ2v) is 5.67. The Morgan fingerprint density at radius 3 is 2.91 bits per heavy atom. The van der Waals surface area contributed by atoms with Gasteiger partial charge in [0, 0.05) is 25.4 Å². The average molecular weight is 300 g/mol. The third-order valence-electron chi connectivity index (χ3n) is 3.61. The van der Waals surface area contributed by atoms with Crippen LogP contribution < -0.4 is 0 Å². The van der Waals surface area contributed by atoms with Crippen molar-refractivity contribution in [1.29, 1.82) is 0 Å². The predicted octanol–water partition coefficient (Wildman–Crippen LogP) is 2.34. The molecule has 0 bridgehead atoms. The lowest BCUT2D eigenvalue weighted by Crippen LogP contribution is -2.40. The van der Waals surface area contributed by atoms with Gasteiger partial charge in [-0.1, -0.05) is 6.07 Å². The van der Waals surface area contributed by atoms with E-state index >= 15 is 0 Å². The van der Waals surface area contributed by atoms with E-state index in [4.69, 9.17) is 9.15 Å². The molecule has 116 valence electrons. The van der Waals surface area contributed by atoms with Crippen LogP contribution >= 0.6 is 0 Å². The van der Waals surface area contributed by atoms with Gasteiger partial charge in [0.15, 0.2) is 0 Å². The van der Waals surface area contributed by atoms with E-state index in [9.17, 15) is 0 Å². The molecule has 1 aliphatic heterocycles. The molecule has 0 radical (unpaired) electrons. The molecule has 0 spiro atoms. The molecule has 3 rings (SSSR count). The van der Waals surface area contributed by atoms with Crippen LogP contribution in [0.2, 0.25) is 0 Å². The normalized spacial score (nSPS) is 23.2. The summed E-state index contributed by atoms with van der Waals surface area (Å²) in [6.45, 7) is 5.73. The molecular weight excluding hydrogens is 280 g/mol. The van der Waals surface area contributed by atoms with Crippen molar-refractivity contribution in [1.82, 2.24) is 20.1 Å². The highest BCUT2D eigenvalue weighted by molar-refractivity contribution is 5.65. The quantitative estimate of drug-likeness (QED) is 0.867. The molecule has 2 atom stereocenters. The molecule has 0 aliphatic carbocycles. The van der Waals surface area contributed by atoms with E-state index in [1.807, 2.05) is 32.1 Å². The van der Waals surface area contributed by atoms with E-state index in [1.165, 1.54) is 0 Å². The fourth-order valence-electron chi connectivity index (χ4n) is 2.57. The smallest absolute Gasteiger partial charge is 0.246 e. The first kappa shape index (κ1) is 14.9. The van der Waals surface area contributed by atoms with Crippen LogP contribution in [0.5, 0.6) is 0 Å². The Bertz CT molecular complexity index is 658. The van der Waals surface area contributed by atoms with E-state index in [0.29, 0.717) is 11.8 Å². The number of aryl methyl sites for hydroxylation is 1. The first-order valence-corrected chi connectivity index (χ1v) is 7.39. The van der Waals surface area contributed by atoms with Gasteiger partial charge in [0.25, 0.3) is 0 Å². The molecule has 6 heteroatoms. The molecule has 1 aliphatic rings. The van der Waals surface area contributed by atoms with Crippen molar-refractivity contribution in [2.24, 2.45) is 0 Å². The molecule has 0 aromatic carbocycles. The highest BCUT2D eigenvalue weighted by Crippen LogP contribution is 2.23. The van der Waals surface area contributed by atoms with Crippen molar-refractivity contribution in [2.75, 3.05) is 20.1 Å². The van der Waals surface area contributed by atoms with E-state index in [-0.39, 0.29) is 12.2 Å². The summed E-state index contributed by atoms with van der Waals surface area (Å²) in [5.41, 5.74) is 1.99. The van der Waals surface area contributed by atoms with Crippen LogP contribution in [0, 0.1) is 6.92 Å². The highest BCUT2D eigenvalue weighted by atomic mass is 16.5. The largest absolute Gasteiger partial charge is 0.418 e. The third-order valence-corrected chi connectivity index (χ3v) is 3.61. The summed E-state index contributed by atoms with van der Waals surface area (Å²) in [6, 6.07) is 3.93. The Hall–Kier alpha value is -2.05. The van der Waals surface area contributed by atoms with Crippen LogP contribution in [0.3, 0.4) is 0 Å². The molecular formula is C16H20N4O2. The summed E-state index contributed by atoms with van der Waals surface area (Å²) >= 11 is 0. The predicted molar refractivity (Wildman–Crippen MR) is 83.0 cm³/mol. The summed E-state index contributed by atoms with van der Waals surface area (Å²) < 4.78 is 11.6. The lowest BCUT2D eigenvalue weighted by atomic mass is 10.2.